The number of nitrogens with zero attached hydrogens (tertiary/aromatic N) is 4. The van der Waals surface area contributed by atoms with Gasteiger partial charge in [-0.15, -0.1) is 5.10 Å². The van der Waals surface area contributed by atoms with Gasteiger partial charge in [-0.2, -0.15) is 0 Å². The fourth-order valence-corrected chi connectivity index (χ4v) is 3.88. The molecule has 0 radical (unpaired) electrons. The Hall–Kier alpha value is -1.95. The van der Waals surface area contributed by atoms with Crippen LogP contribution in [0.3, 0.4) is 0 Å². The third-order valence-electron chi connectivity index (χ3n) is 4.33. The highest BCUT2D eigenvalue weighted by molar-refractivity contribution is 7.98. The van der Waals surface area contributed by atoms with Crippen molar-refractivity contribution in [3.8, 4) is 0 Å². The predicted molar refractivity (Wildman–Crippen MR) is 86.4 cm³/mol. The van der Waals surface area contributed by atoms with Gasteiger partial charge in [0.15, 0.2) is 0 Å². The Morgan fingerprint density at radius 3 is 3.08 bits per heavy atom. The van der Waals surface area contributed by atoms with Crippen molar-refractivity contribution >= 4 is 17.7 Å². The van der Waals surface area contributed by atoms with E-state index >= 15 is 0 Å². The van der Waals surface area contributed by atoms with Crippen LogP contribution in [0.2, 0.25) is 0 Å². The number of rotatable bonds is 7. The first-order valence-electron chi connectivity index (χ1n) is 8.11. The molecule has 2 aliphatic rings. The number of fused-ring (bicyclic) bond motifs is 1. The number of carbonyl (C=O) groups excluding carboxylic acids is 1. The van der Waals surface area contributed by atoms with Crippen LogP contribution in [0, 0.1) is 0 Å². The summed E-state index contributed by atoms with van der Waals surface area (Å²) in [6.45, 7) is 0.628. The molecule has 4 heterocycles. The van der Waals surface area contributed by atoms with Crippen molar-refractivity contribution in [1.29, 1.82) is 0 Å². The number of esters is 1. The fourth-order valence-electron chi connectivity index (χ4n) is 3.05. The van der Waals surface area contributed by atoms with Crippen LogP contribution in [0.1, 0.15) is 11.8 Å². The second-order valence-corrected chi connectivity index (χ2v) is 6.81. The van der Waals surface area contributed by atoms with Crippen LogP contribution in [0.5, 0.6) is 0 Å². The number of hydrogen-bond donors (Lipinski definition) is 0. The average Bonchev–Trinajstić information content (AvgIpc) is 3.42. The second-order valence-electron chi connectivity index (χ2n) is 5.86. The maximum Gasteiger partial charge on any atom is 0.331 e. The molecule has 4 atom stereocenters. The molecule has 0 N–H and O–H groups in total. The number of thioether (sulfide) groups is 1. The molecular formula is C15H18N4O6S. The molecule has 4 unspecified atom stereocenters. The summed E-state index contributed by atoms with van der Waals surface area (Å²) in [6, 6.07) is 3.59. The zero-order valence-corrected chi connectivity index (χ0v) is 14.8. The molecule has 4 rings (SSSR count). The topological polar surface area (TPSA) is 111 Å². The number of hydrogen-bond acceptors (Lipinski definition) is 10. The number of tetrazole rings is 1. The van der Waals surface area contributed by atoms with Gasteiger partial charge in [0.25, 0.3) is 0 Å². The molecular weight excluding hydrogens is 364 g/mol. The monoisotopic (exact) mass is 382 g/mol. The van der Waals surface area contributed by atoms with Crippen LogP contribution in [0.15, 0.2) is 28.0 Å². The van der Waals surface area contributed by atoms with Crippen molar-refractivity contribution in [2.75, 3.05) is 26.9 Å². The summed E-state index contributed by atoms with van der Waals surface area (Å²) >= 11 is 1.48. The predicted octanol–water partition coefficient (Wildman–Crippen LogP) is 0.455. The molecule has 0 amide bonds. The van der Waals surface area contributed by atoms with Crippen LogP contribution in [-0.4, -0.2) is 71.4 Å². The normalized spacial score (nSPS) is 27.6. The average molecular weight is 382 g/mol. The summed E-state index contributed by atoms with van der Waals surface area (Å²) in [5.74, 6) is 1.04. The molecule has 26 heavy (non-hydrogen) atoms. The SMILES string of the molecule is COC(=O)COC1COC2C1OCC2n1nnnc1SCc1ccco1. The molecule has 0 bridgehead atoms. The quantitative estimate of drug-likeness (QED) is 0.494. The van der Waals surface area contributed by atoms with Crippen molar-refractivity contribution in [1.82, 2.24) is 20.2 Å². The lowest BCUT2D eigenvalue weighted by Crippen LogP contribution is -2.33. The van der Waals surface area contributed by atoms with Gasteiger partial charge in [0, 0.05) is 0 Å². The molecule has 0 spiro atoms. The number of aromatic nitrogens is 4. The molecule has 0 aliphatic carbocycles. The van der Waals surface area contributed by atoms with Gasteiger partial charge in [0.1, 0.15) is 36.7 Å². The van der Waals surface area contributed by atoms with E-state index in [1.54, 1.807) is 10.9 Å². The second kappa shape index (κ2) is 7.74. The van der Waals surface area contributed by atoms with Gasteiger partial charge in [-0.1, -0.05) is 11.8 Å². The summed E-state index contributed by atoms with van der Waals surface area (Å²) in [5.41, 5.74) is 0. The first-order valence-corrected chi connectivity index (χ1v) is 9.09. The first kappa shape index (κ1) is 17.5. The van der Waals surface area contributed by atoms with Crippen LogP contribution < -0.4 is 0 Å². The highest BCUT2D eigenvalue weighted by Gasteiger charge is 2.50. The van der Waals surface area contributed by atoms with Gasteiger partial charge in [0.2, 0.25) is 5.16 Å². The number of furan rings is 1. The molecule has 2 aromatic rings. The van der Waals surface area contributed by atoms with Gasteiger partial charge in [-0.05, 0) is 22.6 Å². The van der Waals surface area contributed by atoms with Crippen LogP contribution in [0.25, 0.3) is 0 Å². The number of methoxy groups -OCH3 is 1. The van der Waals surface area contributed by atoms with E-state index in [1.807, 2.05) is 12.1 Å². The van der Waals surface area contributed by atoms with E-state index in [0.717, 1.165) is 5.76 Å². The molecule has 10 nitrogen and oxygen atoms in total. The molecule has 2 aliphatic heterocycles. The van der Waals surface area contributed by atoms with Crippen molar-refractivity contribution in [3.05, 3.63) is 24.2 Å². The lowest BCUT2D eigenvalue weighted by Gasteiger charge is -2.17. The summed E-state index contributed by atoms with van der Waals surface area (Å²) in [5, 5.41) is 12.6. The largest absolute Gasteiger partial charge is 0.468 e. The van der Waals surface area contributed by atoms with Gasteiger partial charge >= 0.3 is 5.97 Å². The Kier molecular flexibility index (Phi) is 5.20. The fraction of sp³-hybridized carbons (Fsp3) is 0.600. The van der Waals surface area contributed by atoms with Crippen LogP contribution in [0.4, 0.5) is 0 Å². The third-order valence-corrected chi connectivity index (χ3v) is 5.28. The van der Waals surface area contributed by atoms with Gasteiger partial charge in [-0.3, -0.25) is 0 Å². The Morgan fingerprint density at radius 1 is 1.38 bits per heavy atom. The Bertz CT molecular complexity index is 738. The van der Waals surface area contributed by atoms with Crippen molar-refractivity contribution in [3.63, 3.8) is 0 Å². The van der Waals surface area contributed by atoms with E-state index in [0.29, 0.717) is 24.1 Å². The molecule has 11 heteroatoms. The lowest BCUT2D eigenvalue weighted by molar-refractivity contribution is -0.150. The molecule has 2 fully saturated rings. The number of ether oxygens (including phenoxy) is 4. The molecule has 140 valence electrons. The zero-order valence-electron chi connectivity index (χ0n) is 14.0. The van der Waals surface area contributed by atoms with Gasteiger partial charge < -0.3 is 23.4 Å². The summed E-state index contributed by atoms with van der Waals surface area (Å²) in [4.78, 5) is 11.3. The smallest absolute Gasteiger partial charge is 0.331 e. The lowest BCUT2D eigenvalue weighted by atomic mass is 10.1. The minimum atomic E-state index is -0.430. The van der Waals surface area contributed by atoms with Crippen molar-refractivity contribution < 1.29 is 28.2 Å². The van der Waals surface area contributed by atoms with E-state index in [9.17, 15) is 4.79 Å². The van der Waals surface area contributed by atoms with Crippen LogP contribution in [-0.2, 0) is 29.5 Å². The maximum absolute atomic E-state index is 11.3. The highest BCUT2D eigenvalue weighted by Crippen LogP contribution is 2.36. The summed E-state index contributed by atoms with van der Waals surface area (Å²) < 4.78 is 28.9. The van der Waals surface area contributed by atoms with E-state index in [-0.39, 0.29) is 31.0 Å². The van der Waals surface area contributed by atoms with Gasteiger partial charge in [0.05, 0.1) is 32.3 Å². The highest BCUT2D eigenvalue weighted by atomic mass is 32.2. The van der Waals surface area contributed by atoms with Crippen LogP contribution >= 0.6 is 11.8 Å². The molecule has 2 saturated heterocycles. The minimum absolute atomic E-state index is 0.128. The zero-order chi connectivity index (χ0) is 17.9. The Labute approximate surface area is 153 Å². The maximum atomic E-state index is 11.3. The number of carbonyl (C=O) groups is 1. The first-order chi connectivity index (χ1) is 12.8. The minimum Gasteiger partial charge on any atom is -0.468 e. The van der Waals surface area contributed by atoms with Crippen molar-refractivity contribution in [2.45, 2.75) is 35.3 Å². The Morgan fingerprint density at radius 2 is 2.27 bits per heavy atom. The molecule has 0 saturated carbocycles. The molecule has 2 aromatic heterocycles. The van der Waals surface area contributed by atoms with E-state index in [4.69, 9.17) is 18.6 Å². The Balaban J connectivity index is 1.39. The standard InChI is InChI=1S/C15H18N4O6S/c1-21-12(20)7-23-11-6-25-13-10(5-24-14(11)13)19-15(16-17-18-19)26-8-9-3-2-4-22-9/h2-4,10-11,13-14H,5-8H2,1H3. The van der Waals surface area contributed by atoms with Crippen molar-refractivity contribution in [2.24, 2.45) is 0 Å². The summed E-state index contributed by atoms with van der Waals surface area (Å²) in [7, 11) is 1.32. The molecule has 0 aromatic carbocycles. The van der Waals surface area contributed by atoms with E-state index in [1.165, 1.54) is 18.9 Å². The van der Waals surface area contributed by atoms with E-state index in [2.05, 4.69) is 20.3 Å². The van der Waals surface area contributed by atoms with E-state index < -0.39 is 5.97 Å². The summed E-state index contributed by atoms with van der Waals surface area (Å²) in [6.07, 6.45) is 0.815. The third kappa shape index (κ3) is 3.47. The van der Waals surface area contributed by atoms with Gasteiger partial charge in [-0.25, -0.2) is 9.48 Å².